The topological polar surface area (TPSA) is 0 Å². The molecule has 134 valence electrons. The van der Waals surface area contributed by atoms with E-state index in [-0.39, 0.29) is 6.67 Å². The zero-order valence-corrected chi connectivity index (χ0v) is 16.2. The van der Waals surface area contributed by atoms with Crippen molar-refractivity contribution in [2.45, 2.75) is 86.0 Å². The van der Waals surface area contributed by atoms with Crippen LogP contribution in [0.5, 0.6) is 0 Å². The maximum absolute atomic E-state index is 13.0. The second-order valence-electron chi connectivity index (χ2n) is 8.54. The average molecular weight is 323 g/mol. The van der Waals surface area contributed by atoms with Crippen LogP contribution < -0.4 is 0 Å². The maximum atomic E-state index is 13.0. The minimum absolute atomic E-state index is 0.116. The van der Waals surface area contributed by atoms with Crippen LogP contribution in [0.1, 0.15) is 86.0 Å². The summed E-state index contributed by atoms with van der Waals surface area (Å²) in [4.78, 5) is 0. The third-order valence-corrected chi connectivity index (χ3v) is 7.78. The quantitative estimate of drug-likeness (QED) is 0.454. The van der Waals surface area contributed by atoms with Gasteiger partial charge in [-0.1, -0.05) is 51.7 Å². The highest BCUT2D eigenvalue weighted by atomic mass is 19.1. The van der Waals surface area contributed by atoms with Gasteiger partial charge in [-0.3, -0.25) is 4.39 Å². The lowest BCUT2D eigenvalue weighted by Gasteiger charge is -2.56. The molecule has 1 heteroatoms. The predicted octanol–water partition coefficient (Wildman–Crippen LogP) is 7.20. The zero-order chi connectivity index (χ0) is 17.0. The van der Waals surface area contributed by atoms with E-state index in [0.29, 0.717) is 11.3 Å². The number of fused-ring (bicyclic) bond motifs is 1. The molecule has 2 saturated carbocycles. The van der Waals surface area contributed by atoms with Crippen molar-refractivity contribution in [3.05, 3.63) is 11.6 Å². The fraction of sp³-hybridized carbons (Fsp3) is 0.909. The minimum Gasteiger partial charge on any atom is -0.251 e. The number of halogens is 1. The number of allylic oxidation sites excluding steroid dienone is 2. The van der Waals surface area contributed by atoms with Gasteiger partial charge in [0.2, 0.25) is 0 Å². The van der Waals surface area contributed by atoms with Gasteiger partial charge in [0, 0.05) is 0 Å². The lowest BCUT2D eigenvalue weighted by atomic mass is 9.49. The van der Waals surface area contributed by atoms with Crippen LogP contribution in [0.2, 0.25) is 0 Å². The molecule has 0 radical (unpaired) electrons. The molecule has 0 bridgehead atoms. The van der Waals surface area contributed by atoms with Crippen LogP contribution in [0, 0.1) is 35.0 Å². The van der Waals surface area contributed by atoms with Gasteiger partial charge in [0.25, 0.3) is 0 Å². The van der Waals surface area contributed by atoms with Crippen LogP contribution in [-0.2, 0) is 0 Å². The van der Waals surface area contributed by atoms with Gasteiger partial charge in [-0.25, -0.2) is 0 Å². The van der Waals surface area contributed by atoms with E-state index in [4.69, 9.17) is 0 Å². The van der Waals surface area contributed by atoms with Crippen molar-refractivity contribution in [3.63, 3.8) is 0 Å². The van der Waals surface area contributed by atoms with Crippen LogP contribution in [0.15, 0.2) is 11.6 Å². The van der Waals surface area contributed by atoms with Crippen molar-refractivity contribution in [1.82, 2.24) is 0 Å². The van der Waals surface area contributed by atoms with Crippen LogP contribution in [0.25, 0.3) is 0 Å². The summed E-state index contributed by atoms with van der Waals surface area (Å²) in [5.74, 6) is 4.01. The Kier molecular flexibility index (Phi) is 6.75. The van der Waals surface area contributed by atoms with Gasteiger partial charge >= 0.3 is 0 Å². The largest absolute Gasteiger partial charge is 0.251 e. The Morgan fingerprint density at radius 1 is 1.13 bits per heavy atom. The van der Waals surface area contributed by atoms with E-state index in [2.05, 4.69) is 40.7 Å². The Labute approximate surface area is 144 Å². The van der Waals surface area contributed by atoms with Crippen LogP contribution in [0.3, 0.4) is 0 Å². The van der Waals surface area contributed by atoms with E-state index in [1.54, 1.807) is 5.57 Å². The summed E-state index contributed by atoms with van der Waals surface area (Å²) < 4.78 is 13.0. The van der Waals surface area contributed by atoms with E-state index in [0.717, 1.165) is 30.1 Å². The lowest BCUT2D eigenvalue weighted by molar-refractivity contribution is -0.0445. The number of hydrogen-bond donors (Lipinski definition) is 0. The van der Waals surface area contributed by atoms with E-state index < -0.39 is 0 Å². The van der Waals surface area contributed by atoms with Gasteiger partial charge in [-0.15, -0.1) is 0 Å². The summed E-state index contributed by atoms with van der Waals surface area (Å²) in [5.41, 5.74) is 2.00. The normalized spacial score (nSPS) is 41.7. The molecule has 0 saturated heterocycles. The predicted molar refractivity (Wildman–Crippen MR) is 99.2 cm³/mol. The van der Waals surface area contributed by atoms with Gasteiger partial charge in [0.1, 0.15) is 0 Å². The van der Waals surface area contributed by atoms with Crippen LogP contribution in [0.4, 0.5) is 4.39 Å². The number of rotatable bonds is 6. The fourth-order valence-corrected chi connectivity index (χ4v) is 6.41. The van der Waals surface area contributed by atoms with Crippen molar-refractivity contribution < 1.29 is 4.39 Å². The molecule has 6 unspecified atom stereocenters. The van der Waals surface area contributed by atoms with Gasteiger partial charge in [-0.2, -0.15) is 0 Å². The van der Waals surface area contributed by atoms with E-state index in [9.17, 15) is 4.39 Å². The molecule has 0 nitrogen and oxygen atoms in total. The van der Waals surface area contributed by atoms with Crippen LogP contribution >= 0.6 is 0 Å². The zero-order valence-electron chi connectivity index (χ0n) is 16.2. The highest BCUT2D eigenvalue weighted by Crippen LogP contribution is 2.59. The third kappa shape index (κ3) is 3.54. The summed E-state index contributed by atoms with van der Waals surface area (Å²) >= 11 is 0. The first-order chi connectivity index (χ1) is 11.0. The Balaban J connectivity index is 2.26. The Morgan fingerprint density at radius 2 is 1.87 bits per heavy atom. The maximum Gasteiger partial charge on any atom is 0.0897 e. The minimum atomic E-state index is -0.116. The Bertz CT molecular complexity index is 399. The first-order valence-corrected chi connectivity index (χ1v) is 10.2. The monoisotopic (exact) mass is 322 g/mol. The summed E-state index contributed by atoms with van der Waals surface area (Å²) in [5, 5.41) is 0. The average Bonchev–Trinajstić information content (AvgIpc) is 2.56. The molecule has 0 aliphatic heterocycles. The molecule has 0 spiro atoms. The van der Waals surface area contributed by atoms with Gasteiger partial charge in [-0.05, 0) is 81.0 Å². The number of alkyl halides is 1. The van der Waals surface area contributed by atoms with E-state index in [1.165, 1.54) is 44.9 Å². The molecule has 0 aromatic carbocycles. The smallest absolute Gasteiger partial charge is 0.0897 e. The summed E-state index contributed by atoms with van der Waals surface area (Å²) in [7, 11) is 0. The molecule has 2 aliphatic rings. The van der Waals surface area contributed by atoms with Gasteiger partial charge in [0.05, 0.1) is 6.67 Å². The molecule has 2 aliphatic carbocycles. The standard InChI is InChI=1S/C22H39F/c1-6-9-18-17(13-15-23)10-11-20-19(18)12-14-22(5,16(4)7-2)21(20)8-3/h7,17-21H,6,8-15H2,1-5H3/b16-7-. The molecule has 2 rings (SSSR count). The molecule has 2 fully saturated rings. The number of hydrogen-bond acceptors (Lipinski definition) is 0. The van der Waals surface area contributed by atoms with Crippen molar-refractivity contribution in [1.29, 1.82) is 0 Å². The fourth-order valence-electron chi connectivity index (χ4n) is 6.41. The first-order valence-electron chi connectivity index (χ1n) is 10.2. The molecule has 0 amide bonds. The summed E-state index contributed by atoms with van der Waals surface area (Å²) in [6.07, 6.45) is 12.4. The molecule has 0 aromatic heterocycles. The van der Waals surface area contributed by atoms with E-state index >= 15 is 0 Å². The highest BCUT2D eigenvalue weighted by Gasteiger charge is 2.50. The summed E-state index contributed by atoms with van der Waals surface area (Å²) in [6.45, 7) is 11.7. The SMILES string of the molecule is C/C=C(/C)C1(C)CCC2C(CCC)C(CCF)CCC2C1CC. The van der Waals surface area contributed by atoms with Crippen molar-refractivity contribution >= 4 is 0 Å². The van der Waals surface area contributed by atoms with Crippen LogP contribution in [-0.4, -0.2) is 6.67 Å². The molecule has 0 heterocycles. The van der Waals surface area contributed by atoms with Gasteiger partial charge in [0.15, 0.2) is 0 Å². The van der Waals surface area contributed by atoms with Crippen molar-refractivity contribution in [2.75, 3.05) is 6.67 Å². The molecule has 6 atom stereocenters. The Hall–Kier alpha value is -0.330. The third-order valence-electron chi connectivity index (χ3n) is 7.78. The van der Waals surface area contributed by atoms with Crippen molar-refractivity contribution in [2.24, 2.45) is 35.0 Å². The lowest BCUT2D eigenvalue weighted by Crippen LogP contribution is -2.48. The molecule has 0 aromatic rings. The first kappa shape index (κ1) is 19.0. The molecular weight excluding hydrogens is 283 g/mol. The summed E-state index contributed by atoms with van der Waals surface area (Å²) in [6, 6.07) is 0. The second-order valence-corrected chi connectivity index (χ2v) is 8.54. The molecule has 23 heavy (non-hydrogen) atoms. The second kappa shape index (κ2) is 8.17. The highest BCUT2D eigenvalue weighted by molar-refractivity contribution is 5.15. The Morgan fingerprint density at radius 3 is 2.43 bits per heavy atom. The van der Waals surface area contributed by atoms with Gasteiger partial charge < -0.3 is 0 Å². The molecular formula is C22H39F. The van der Waals surface area contributed by atoms with E-state index in [1.807, 2.05) is 0 Å². The molecule has 0 N–H and O–H groups in total. The van der Waals surface area contributed by atoms with Crippen molar-refractivity contribution in [3.8, 4) is 0 Å².